The standard InChI is InChI=1S/C31H45N7O8/c1-21(39)46-20-22-11-13-23(14-12-22)35-29(43)25(9-7-18-34-31(33)45)37-30(44)24(8-4-5-17-32)36-26(40)10-3-2-6-19-38-27(41)15-16-28(38)42/h11-16,24-25H,2-10,17-20,32H2,1H3,(H,35,43)(H,36,40)(H,37,44)(H3,33,34,45)/t24-,25-/m0/s1. The van der Waals surface area contributed by atoms with Gasteiger partial charge >= 0.3 is 12.0 Å². The number of imide groups is 1. The number of carbonyl (C=O) groups excluding carboxylic acids is 7. The maximum atomic E-state index is 13.4. The molecule has 15 heteroatoms. The minimum Gasteiger partial charge on any atom is -0.461 e. The van der Waals surface area contributed by atoms with Crippen LogP contribution < -0.4 is 32.7 Å². The molecule has 2 atom stereocenters. The van der Waals surface area contributed by atoms with Gasteiger partial charge < -0.3 is 37.5 Å². The van der Waals surface area contributed by atoms with Crippen LogP contribution in [0.2, 0.25) is 0 Å². The first kappa shape index (κ1) is 37.4. The van der Waals surface area contributed by atoms with E-state index >= 15 is 0 Å². The lowest BCUT2D eigenvalue weighted by molar-refractivity contribution is -0.142. The van der Waals surface area contributed by atoms with E-state index < -0.39 is 35.9 Å². The van der Waals surface area contributed by atoms with E-state index in [4.69, 9.17) is 16.2 Å². The largest absolute Gasteiger partial charge is 0.461 e. The quantitative estimate of drug-likeness (QED) is 0.0628. The van der Waals surface area contributed by atoms with E-state index in [0.29, 0.717) is 57.2 Å². The van der Waals surface area contributed by atoms with Gasteiger partial charge in [-0.2, -0.15) is 0 Å². The zero-order chi connectivity index (χ0) is 33.9. The highest BCUT2D eigenvalue weighted by atomic mass is 16.5. The number of anilines is 1. The number of amides is 7. The number of esters is 1. The summed E-state index contributed by atoms with van der Waals surface area (Å²) in [5.41, 5.74) is 11.9. The van der Waals surface area contributed by atoms with Crippen molar-refractivity contribution in [2.24, 2.45) is 11.5 Å². The molecule has 1 heterocycles. The molecule has 0 aromatic heterocycles. The molecule has 0 saturated carbocycles. The maximum Gasteiger partial charge on any atom is 0.312 e. The van der Waals surface area contributed by atoms with Gasteiger partial charge in [-0.1, -0.05) is 18.6 Å². The number of ether oxygens (including phenoxy) is 1. The van der Waals surface area contributed by atoms with E-state index in [-0.39, 0.29) is 50.3 Å². The summed E-state index contributed by atoms with van der Waals surface area (Å²) in [7, 11) is 0. The minimum absolute atomic E-state index is 0.0880. The highest BCUT2D eigenvalue weighted by Gasteiger charge is 2.27. The fraction of sp³-hybridized carbons (Fsp3) is 0.516. The van der Waals surface area contributed by atoms with Gasteiger partial charge in [0.25, 0.3) is 11.8 Å². The van der Waals surface area contributed by atoms with Crippen LogP contribution in [0.4, 0.5) is 10.5 Å². The van der Waals surface area contributed by atoms with E-state index in [1.807, 2.05) is 0 Å². The van der Waals surface area contributed by atoms with Gasteiger partial charge in [-0.15, -0.1) is 0 Å². The van der Waals surface area contributed by atoms with E-state index in [9.17, 15) is 33.6 Å². The lowest BCUT2D eigenvalue weighted by Crippen LogP contribution is -2.52. The number of nitrogens with zero attached hydrogens (tertiary/aromatic N) is 1. The average molecular weight is 644 g/mol. The molecule has 7 amide bonds. The molecular formula is C31H45N7O8. The molecule has 0 radical (unpaired) electrons. The number of rotatable bonds is 21. The molecule has 8 N–H and O–H groups in total. The van der Waals surface area contributed by atoms with Crippen LogP contribution in [0.5, 0.6) is 0 Å². The third-order valence-electron chi connectivity index (χ3n) is 7.05. The zero-order valence-electron chi connectivity index (χ0n) is 26.2. The lowest BCUT2D eigenvalue weighted by Gasteiger charge is -2.23. The molecular weight excluding hydrogens is 598 g/mol. The van der Waals surface area contributed by atoms with Gasteiger partial charge in [0.15, 0.2) is 0 Å². The van der Waals surface area contributed by atoms with Crippen LogP contribution in [-0.2, 0) is 40.1 Å². The first-order valence-electron chi connectivity index (χ1n) is 15.4. The zero-order valence-corrected chi connectivity index (χ0v) is 26.2. The summed E-state index contributed by atoms with van der Waals surface area (Å²) in [5, 5.41) is 10.7. The lowest BCUT2D eigenvalue weighted by atomic mass is 10.1. The smallest absolute Gasteiger partial charge is 0.312 e. The Morgan fingerprint density at radius 1 is 0.826 bits per heavy atom. The number of carbonyl (C=O) groups is 7. The monoisotopic (exact) mass is 643 g/mol. The number of urea groups is 1. The molecule has 2 rings (SSSR count). The van der Waals surface area contributed by atoms with Crippen molar-refractivity contribution in [3.05, 3.63) is 42.0 Å². The second-order valence-electron chi connectivity index (χ2n) is 10.8. The Labute approximate surface area is 268 Å². The first-order chi connectivity index (χ1) is 22.0. The highest BCUT2D eigenvalue weighted by Crippen LogP contribution is 2.13. The molecule has 1 aliphatic heterocycles. The Hall–Kier alpha value is -4.79. The van der Waals surface area contributed by atoms with Crippen LogP contribution in [0.3, 0.4) is 0 Å². The maximum absolute atomic E-state index is 13.4. The van der Waals surface area contributed by atoms with Gasteiger partial charge in [0.05, 0.1) is 0 Å². The van der Waals surface area contributed by atoms with E-state index in [1.165, 1.54) is 19.1 Å². The topological polar surface area (TPSA) is 232 Å². The number of primary amides is 1. The predicted molar refractivity (Wildman–Crippen MR) is 168 cm³/mol. The Morgan fingerprint density at radius 2 is 1.48 bits per heavy atom. The van der Waals surface area contributed by atoms with Crippen LogP contribution in [0.25, 0.3) is 0 Å². The molecule has 46 heavy (non-hydrogen) atoms. The van der Waals surface area contributed by atoms with Crippen LogP contribution in [0, 0.1) is 0 Å². The number of unbranched alkanes of at least 4 members (excludes halogenated alkanes) is 3. The Morgan fingerprint density at radius 3 is 2.11 bits per heavy atom. The SMILES string of the molecule is CC(=O)OCc1ccc(NC(=O)[C@H](CCCNC(N)=O)NC(=O)[C@H](CCCCN)NC(=O)CCCCCN2C(=O)C=CC2=O)cc1. The number of benzene rings is 1. The molecule has 0 fully saturated rings. The fourth-order valence-corrected chi connectivity index (χ4v) is 4.57. The molecule has 0 bridgehead atoms. The molecule has 1 aromatic carbocycles. The van der Waals surface area contributed by atoms with Gasteiger partial charge in [0, 0.05) is 44.3 Å². The highest BCUT2D eigenvalue weighted by molar-refractivity contribution is 6.12. The Balaban J connectivity index is 1.98. The molecule has 0 saturated heterocycles. The summed E-state index contributed by atoms with van der Waals surface area (Å²) in [6, 6.07) is 4.03. The number of nitrogens with one attached hydrogen (secondary N) is 4. The third-order valence-corrected chi connectivity index (χ3v) is 7.05. The summed E-state index contributed by atoms with van der Waals surface area (Å²) in [6.45, 7) is 2.27. The van der Waals surface area contributed by atoms with Crippen molar-refractivity contribution >= 4 is 47.2 Å². The Kier molecular flexibility index (Phi) is 16.5. The molecule has 0 unspecified atom stereocenters. The van der Waals surface area contributed by atoms with Crippen molar-refractivity contribution in [1.29, 1.82) is 0 Å². The fourth-order valence-electron chi connectivity index (χ4n) is 4.57. The normalized spacial score (nSPS) is 13.6. The average Bonchev–Trinajstić information content (AvgIpc) is 3.33. The summed E-state index contributed by atoms with van der Waals surface area (Å²) in [5.74, 6) is -2.49. The van der Waals surface area contributed by atoms with Crippen LogP contribution >= 0.6 is 0 Å². The second kappa shape index (κ2) is 20.3. The summed E-state index contributed by atoms with van der Waals surface area (Å²) >= 11 is 0. The van der Waals surface area contributed by atoms with Crippen molar-refractivity contribution in [1.82, 2.24) is 20.9 Å². The number of hydrogen-bond acceptors (Lipinski definition) is 9. The molecule has 1 aromatic rings. The summed E-state index contributed by atoms with van der Waals surface area (Å²) in [4.78, 5) is 86.0. The molecule has 252 valence electrons. The van der Waals surface area contributed by atoms with Gasteiger partial charge in [0.2, 0.25) is 17.7 Å². The van der Waals surface area contributed by atoms with Crippen LogP contribution in [0.1, 0.15) is 70.3 Å². The Bertz CT molecular complexity index is 1230. The van der Waals surface area contributed by atoms with Gasteiger partial charge in [0.1, 0.15) is 18.7 Å². The first-order valence-corrected chi connectivity index (χ1v) is 15.4. The van der Waals surface area contributed by atoms with Crippen molar-refractivity contribution < 1.29 is 38.3 Å². The van der Waals surface area contributed by atoms with E-state index in [2.05, 4.69) is 21.3 Å². The van der Waals surface area contributed by atoms with Crippen molar-refractivity contribution in [3.63, 3.8) is 0 Å². The number of nitrogens with two attached hydrogens (primary N) is 2. The minimum atomic E-state index is -0.998. The van der Waals surface area contributed by atoms with Crippen molar-refractivity contribution in [2.45, 2.75) is 83.4 Å². The van der Waals surface area contributed by atoms with Crippen molar-refractivity contribution in [2.75, 3.05) is 25.0 Å². The second-order valence-corrected chi connectivity index (χ2v) is 10.8. The molecule has 15 nitrogen and oxygen atoms in total. The van der Waals surface area contributed by atoms with E-state index in [1.54, 1.807) is 24.3 Å². The summed E-state index contributed by atoms with van der Waals surface area (Å²) < 4.78 is 4.97. The third kappa shape index (κ3) is 14.3. The predicted octanol–water partition coefficient (Wildman–Crippen LogP) is 0.721. The van der Waals surface area contributed by atoms with Gasteiger partial charge in [-0.25, -0.2) is 4.79 Å². The van der Waals surface area contributed by atoms with Gasteiger partial charge in [-0.05, 0) is 69.2 Å². The van der Waals surface area contributed by atoms with E-state index in [0.717, 1.165) is 10.5 Å². The van der Waals surface area contributed by atoms with Crippen LogP contribution in [0.15, 0.2) is 36.4 Å². The molecule has 0 spiro atoms. The van der Waals surface area contributed by atoms with Crippen molar-refractivity contribution in [3.8, 4) is 0 Å². The molecule has 0 aliphatic carbocycles. The summed E-state index contributed by atoms with van der Waals surface area (Å²) in [6.07, 6.45) is 6.24. The van der Waals surface area contributed by atoms with Gasteiger partial charge in [-0.3, -0.25) is 33.7 Å². The number of hydrogen-bond donors (Lipinski definition) is 6. The van der Waals surface area contributed by atoms with Crippen LogP contribution in [-0.4, -0.2) is 78.2 Å². The molecule has 1 aliphatic rings.